The Balaban J connectivity index is 3.82. The Bertz CT molecular complexity index is 167. The summed E-state index contributed by atoms with van der Waals surface area (Å²) >= 11 is 5.59. The maximum absolute atomic E-state index is 11.6. The van der Waals surface area contributed by atoms with Gasteiger partial charge in [-0.3, -0.25) is 4.79 Å². The highest BCUT2D eigenvalue weighted by Crippen LogP contribution is 2.24. The molecule has 0 radical (unpaired) electrons. The average molecular weight is 221 g/mol. The van der Waals surface area contributed by atoms with E-state index in [-0.39, 0.29) is 11.4 Å². The molecule has 3 heteroatoms. The number of carbonyl (C=O) groups excluding carboxylic acids is 1. The molecule has 0 saturated carbocycles. The molecule has 0 rings (SSSR count). The van der Waals surface area contributed by atoms with Gasteiger partial charge in [0.15, 0.2) is 0 Å². The van der Waals surface area contributed by atoms with Gasteiger partial charge in [-0.25, -0.2) is 0 Å². The zero-order valence-electron chi connectivity index (χ0n) is 9.44. The predicted molar refractivity (Wildman–Crippen MR) is 59.6 cm³/mol. The van der Waals surface area contributed by atoms with Gasteiger partial charge >= 0.3 is 5.97 Å². The van der Waals surface area contributed by atoms with Gasteiger partial charge in [0.25, 0.3) is 0 Å². The molecule has 0 aliphatic carbocycles. The lowest BCUT2D eigenvalue weighted by Gasteiger charge is -2.21. The van der Waals surface area contributed by atoms with Crippen molar-refractivity contribution >= 4 is 17.6 Å². The second kappa shape index (κ2) is 7.10. The Kier molecular flexibility index (Phi) is 6.98. The number of carbonyl (C=O) groups is 1. The highest BCUT2D eigenvalue weighted by molar-refractivity contribution is 6.17. The molecule has 0 aliphatic rings. The number of rotatable bonds is 7. The molecule has 0 bridgehead atoms. The van der Waals surface area contributed by atoms with Crippen molar-refractivity contribution in [3.05, 3.63) is 0 Å². The van der Waals surface area contributed by atoms with Crippen molar-refractivity contribution in [1.29, 1.82) is 0 Å². The number of halogens is 1. The molecule has 0 aliphatic heterocycles. The normalized spacial score (nSPS) is 11.4. The summed E-state index contributed by atoms with van der Waals surface area (Å²) in [7, 11) is 0. The van der Waals surface area contributed by atoms with E-state index in [2.05, 4.69) is 6.92 Å². The largest absolute Gasteiger partial charge is 0.465 e. The van der Waals surface area contributed by atoms with Crippen molar-refractivity contribution < 1.29 is 9.53 Å². The van der Waals surface area contributed by atoms with Gasteiger partial charge in [-0.2, -0.15) is 0 Å². The number of esters is 1. The fourth-order valence-electron chi connectivity index (χ4n) is 1.12. The Labute approximate surface area is 92.0 Å². The molecule has 0 amide bonds. The molecule has 0 unspecified atom stereocenters. The molecule has 0 saturated heterocycles. The third-order valence-electron chi connectivity index (χ3n) is 2.22. The van der Waals surface area contributed by atoms with Crippen molar-refractivity contribution in [3.63, 3.8) is 0 Å². The minimum Gasteiger partial charge on any atom is -0.465 e. The van der Waals surface area contributed by atoms with Gasteiger partial charge < -0.3 is 4.74 Å². The van der Waals surface area contributed by atoms with E-state index >= 15 is 0 Å². The molecule has 0 aromatic carbocycles. The van der Waals surface area contributed by atoms with E-state index in [1.807, 2.05) is 13.8 Å². The summed E-state index contributed by atoms with van der Waals surface area (Å²) in [6.45, 7) is 6.44. The Morgan fingerprint density at radius 2 is 2.00 bits per heavy atom. The molecule has 0 aromatic rings. The highest BCUT2D eigenvalue weighted by atomic mass is 35.5. The van der Waals surface area contributed by atoms with Crippen LogP contribution in [-0.2, 0) is 9.53 Å². The van der Waals surface area contributed by atoms with Gasteiger partial charge in [0.05, 0.1) is 12.0 Å². The maximum atomic E-state index is 11.6. The van der Waals surface area contributed by atoms with Crippen LogP contribution in [0.4, 0.5) is 0 Å². The van der Waals surface area contributed by atoms with Crippen molar-refractivity contribution in [2.24, 2.45) is 5.41 Å². The quantitative estimate of drug-likeness (QED) is 0.374. The van der Waals surface area contributed by atoms with E-state index in [0.717, 1.165) is 25.7 Å². The summed E-state index contributed by atoms with van der Waals surface area (Å²) < 4.78 is 5.16. The maximum Gasteiger partial charge on any atom is 0.311 e. The van der Waals surface area contributed by atoms with E-state index < -0.39 is 0 Å². The second-order valence-electron chi connectivity index (χ2n) is 4.17. The Morgan fingerprint density at radius 3 is 2.50 bits per heavy atom. The molecule has 0 spiro atoms. The summed E-state index contributed by atoms with van der Waals surface area (Å²) in [6.07, 6.45) is 3.64. The summed E-state index contributed by atoms with van der Waals surface area (Å²) in [5.41, 5.74) is -0.386. The van der Waals surface area contributed by atoms with E-state index in [1.165, 1.54) is 0 Å². The third-order valence-corrected chi connectivity index (χ3v) is 2.49. The van der Waals surface area contributed by atoms with Gasteiger partial charge in [0.1, 0.15) is 0 Å². The molecule has 0 aromatic heterocycles. The first-order valence-corrected chi connectivity index (χ1v) is 5.81. The van der Waals surface area contributed by atoms with Crippen molar-refractivity contribution in [2.75, 3.05) is 12.5 Å². The standard InChI is InChI=1S/C11H21ClO2/c1-4-5-9-14-10(13)11(2,3)7-6-8-12/h4-9H2,1-3H3. The number of alkyl halides is 1. The molecule has 0 heterocycles. The number of ether oxygens (including phenoxy) is 1. The third kappa shape index (κ3) is 5.48. The first-order valence-electron chi connectivity index (χ1n) is 5.27. The van der Waals surface area contributed by atoms with E-state index in [4.69, 9.17) is 16.3 Å². The summed E-state index contributed by atoms with van der Waals surface area (Å²) in [6, 6.07) is 0. The zero-order chi connectivity index (χ0) is 11.0. The summed E-state index contributed by atoms with van der Waals surface area (Å²) in [5.74, 6) is 0.502. The second-order valence-corrected chi connectivity index (χ2v) is 4.54. The van der Waals surface area contributed by atoms with E-state index in [9.17, 15) is 4.79 Å². The van der Waals surface area contributed by atoms with Crippen LogP contribution < -0.4 is 0 Å². The smallest absolute Gasteiger partial charge is 0.311 e. The van der Waals surface area contributed by atoms with Crippen LogP contribution in [0.15, 0.2) is 0 Å². The van der Waals surface area contributed by atoms with Crippen LogP contribution in [0.1, 0.15) is 46.5 Å². The molecular weight excluding hydrogens is 200 g/mol. The number of hydrogen-bond donors (Lipinski definition) is 0. The van der Waals surface area contributed by atoms with Crippen LogP contribution in [0.25, 0.3) is 0 Å². The fourth-order valence-corrected chi connectivity index (χ4v) is 1.25. The van der Waals surface area contributed by atoms with Crippen LogP contribution in [-0.4, -0.2) is 18.5 Å². The van der Waals surface area contributed by atoms with Crippen molar-refractivity contribution in [2.45, 2.75) is 46.5 Å². The minimum absolute atomic E-state index is 0.101. The fraction of sp³-hybridized carbons (Fsp3) is 0.909. The Hall–Kier alpha value is -0.240. The molecular formula is C11H21ClO2. The lowest BCUT2D eigenvalue weighted by Crippen LogP contribution is -2.27. The molecule has 2 nitrogen and oxygen atoms in total. The first kappa shape index (κ1) is 13.8. The van der Waals surface area contributed by atoms with Gasteiger partial charge in [-0.05, 0) is 33.1 Å². The van der Waals surface area contributed by atoms with E-state index in [1.54, 1.807) is 0 Å². The SMILES string of the molecule is CCCCOC(=O)C(C)(C)CCCCl. The Morgan fingerprint density at radius 1 is 1.36 bits per heavy atom. The molecule has 14 heavy (non-hydrogen) atoms. The monoisotopic (exact) mass is 220 g/mol. The molecule has 0 N–H and O–H groups in total. The topological polar surface area (TPSA) is 26.3 Å². The molecule has 0 fully saturated rings. The van der Waals surface area contributed by atoms with Crippen LogP contribution in [0.3, 0.4) is 0 Å². The van der Waals surface area contributed by atoms with Crippen LogP contribution in [0.5, 0.6) is 0 Å². The number of unbranched alkanes of at least 4 members (excludes halogenated alkanes) is 1. The predicted octanol–water partition coefficient (Wildman–Crippen LogP) is 3.37. The number of hydrogen-bond acceptors (Lipinski definition) is 2. The lowest BCUT2D eigenvalue weighted by molar-refractivity contribution is -0.154. The zero-order valence-corrected chi connectivity index (χ0v) is 10.2. The van der Waals surface area contributed by atoms with Crippen molar-refractivity contribution in [3.8, 4) is 0 Å². The molecule has 84 valence electrons. The van der Waals surface area contributed by atoms with Gasteiger partial charge in [-0.15, -0.1) is 11.6 Å². The van der Waals surface area contributed by atoms with Crippen LogP contribution in [0, 0.1) is 5.41 Å². The summed E-state index contributed by atoms with van der Waals surface area (Å²) in [4.78, 5) is 11.6. The van der Waals surface area contributed by atoms with E-state index in [0.29, 0.717) is 12.5 Å². The first-order chi connectivity index (χ1) is 6.54. The van der Waals surface area contributed by atoms with Gasteiger partial charge in [0.2, 0.25) is 0 Å². The molecule has 0 atom stereocenters. The minimum atomic E-state index is -0.386. The summed E-state index contributed by atoms with van der Waals surface area (Å²) in [5, 5.41) is 0. The van der Waals surface area contributed by atoms with Gasteiger partial charge in [-0.1, -0.05) is 13.3 Å². The van der Waals surface area contributed by atoms with Gasteiger partial charge in [0, 0.05) is 5.88 Å². The average Bonchev–Trinajstić information content (AvgIpc) is 2.15. The van der Waals surface area contributed by atoms with Crippen LogP contribution in [0.2, 0.25) is 0 Å². The lowest BCUT2D eigenvalue weighted by atomic mass is 9.88. The van der Waals surface area contributed by atoms with Crippen LogP contribution >= 0.6 is 11.6 Å². The highest BCUT2D eigenvalue weighted by Gasteiger charge is 2.28. The van der Waals surface area contributed by atoms with Crippen molar-refractivity contribution in [1.82, 2.24) is 0 Å².